The summed E-state index contributed by atoms with van der Waals surface area (Å²) in [6, 6.07) is 9.71. The van der Waals surface area contributed by atoms with Crippen LogP contribution in [0.4, 0.5) is 8.78 Å². The van der Waals surface area contributed by atoms with Gasteiger partial charge in [0, 0.05) is 12.1 Å². The van der Waals surface area contributed by atoms with E-state index in [0.717, 1.165) is 12.1 Å². The van der Waals surface area contributed by atoms with Gasteiger partial charge in [-0.15, -0.1) is 10.2 Å². The van der Waals surface area contributed by atoms with E-state index in [9.17, 15) is 13.6 Å². The van der Waals surface area contributed by atoms with Crippen LogP contribution < -0.4 is 14.8 Å². The number of carbonyl (C=O) groups excluding carboxylic acids is 1. The molecule has 0 saturated heterocycles. The van der Waals surface area contributed by atoms with E-state index in [1.165, 1.54) is 6.92 Å². The molecule has 0 aliphatic heterocycles. The summed E-state index contributed by atoms with van der Waals surface area (Å²) < 4.78 is 42.2. The van der Waals surface area contributed by atoms with Gasteiger partial charge in [0.1, 0.15) is 18.1 Å². The van der Waals surface area contributed by atoms with E-state index in [1.54, 1.807) is 30.5 Å². The molecule has 9 heteroatoms. The minimum absolute atomic E-state index is 0.151. The third kappa shape index (κ3) is 5.03. The van der Waals surface area contributed by atoms with Crippen LogP contribution in [0.25, 0.3) is 11.5 Å². The summed E-state index contributed by atoms with van der Waals surface area (Å²) in [4.78, 5) is 12.0. The van der Waals surface area contributed by atoms with E-state index >= 15 is 0 Å². The van der Waals surface area contributed by atoms with Crippen LogP contribution in [0.2, 0.25) is 0 Å². The average molecular weight is 389 g/mol. The number of nitrogens with one attached hydrogen (secondary N) is 1. The minimum Gasteiger partial charge on any atom is -0.478 e. The Kier molecular flexibility index (Phi) is 6.15. The van der Waals surface area contributed by atoms with E-state index in [4.69, 9.17) is 13.9 Å². The van der Waals surface area contributed by atoms with Crippen LogP contribution in [0.3, 0.4) is 0 Å². The van der Waals surface area contributed by atoms with Crippen molar-refractivity contribution in [1.82, 2.24) is 15.5 Å². The fourth-order valence-electron chi connectivity index (χ4n) is 2.24. The average Bonchev–Trinajstić information content (AvgIpc) is 3.22. The minimum atomic E-state index is -0.965. The number of furan rings is 1. The second-order valence-electron chi connectivity index (χ2n) is 5.71. The predicted octanol–water partition coefficient (Wildman–Crippen LogP) is 2.98. The zero-order chi connectivity index (χ0) is 19.9. The summed E-state index contributed by atoms with van der Waals surface area (Å²) in [6.07, 6.45) is 0.576. The number of hydrogen-bond donors (Lipinski definition) is 1. The van der Waals surface area contributed by atoms with Gasteiger partial charge in [-0.1, -0.05) is 0 Å². The molecule has 2 aromatic heterocycles. The summed E-state index contributed by atoms with van der Waals surface area (Å²) in [5, 5.41) is 10.5. The first-order valence-corrected chi connectivity index (χ1v) is 8.43. The molecule has 1 N–H and O–H groups in total. The normalized spacial score (nSPS) is 11.7. The maximum absolute atomic E-state index is 13.6. The maximum atomic E-state index is 13.6. The molecule has 0 spiro atoms. The molecule has 3 aromatic rings. The van der Waals surface area contributed by atoms with Crippen molar-refractivity contribution in [2.45, 2.75) is 13.0 Å². The summed E-state index contributed by atoms with van der Waals surface area (Å²) in [6.45, 7) is 1.79. The largest absolute Gasteiger partial charge is 0.478 e. The molecule has 1 aromatic carbocycles. The van der Waals surface area contributed by atoms with Crippen molar-refractivity contribution < 1.29 is 27.5 Å². The van der Waals surface area contributed by atoms with E-state index in [1.807, 2.05) is 0 Å². The standard InChI is InChI=1S/C19H17F2N3O4/c1-12(28-16-6-4-13(20)11-14(16)21)19(25)22-8-10-27-18-7-5-15(23-24-18)17-3-2-9-26-17/h2-7,9,11-12H,8,10H2,1H3,(H,22,25). The summed E-state index contributed by atoms with van der Waals surface area (Å²) in [5.41, 5.74) is 0.574. The van der Waals surface area contributed by atoms with Crippen molar-refractivity contribution in [3.63, 3.8) is 0 Å². The van der Waals surface area contributed by atoms with Crippen LogP contribution >= 0.6 is 0 Å². The fraction of sp³-hybridized carbons (Fsp3) is 0.211. The Morgan fingerprint density at radius 1 is 1.21 bits per heavy atom. The summed E-state index contributed by atoms with van der Waals surface area (Å²) in [7, 11) is 0. The second kappa shape index (κ2) is 8.94. The molecule has 0 bridgehead atoms. The number of aromatic nitrogens is 2. The van der Waals surface area contributed by atoms with Gasteiger partial charge in [0.25, 0.3) is 5.91 Å². The number of benzene rings is 1. The Balaban J connectivity index is 1.41. The SMILES string of the molecule is CC(Oc1ccc(F)cc1F)C(=O)NCCOc1ccc(-c2ccco2)nn1. The van der Waals surface area contributed by atoms with E-state index in [2.05, 4.69) is 15.5 Å². The van der Waals surface area contributed by atoms with Gasteiger partial charge in [-0.25, -0.2) is 8.78 Å². The van der Waals surface area contributed by atoms with Crippen LogP contribution in [-0.2, 0) is 4.79 Å². The maximum Gasteiger partial charge on any atom is 0.260 e. The molecule has 3 rings (SSSR count). The summed E-state index contributed by atoms with van der Waals surface area (Å²) in [5.74, 6) is -1.38. The molecular weight excluding hydrogens is 372 g/mol. The molecule has 7 nitrogen and oxygen atoms in total. The summed E-state index contributed by atoms with van der Waals surface area (Å²) >= 11 is 0. The molecule has 146 valence electrons. The highest BCUT2D eigenvalue weighted by Crippen LogP contribution is 2.19. The first-order valence-electron chi connectivity index (χ1n) is 8.43. The quantitative estimate of drug-likeness (QED) is 0.596. The number of amides is 1. The van der Waals surface area contributed by atoms with Gasteiger partial charge in [0.05, 0.1) is 12.8 Å². The molecule has 1 atom stereocenters. The molecule has 28 heavy (non-hydrogen) atoms. The molecule has 0 saturated carbocycles. The van der Waals surface area contributed by atoms with Crippen molar-refractivity contribution in [2.24, 2.45) is 0 Å². The van der Waals surface area contributed by atoms with Gasteiger partial charge in [-0.05, 0) is 37.3 Å². The van der Waals surface area contributed by atoms with Gasteiger partial charge in [-0.3, -0.25) is 4.79 Å². The third-order valence-corrected chi connectivity index (χ3v) is 3.63. The van der Waals surface area contributed by atoms with Gasteiger partial charge in [-0.2, -0.15) is 0 Å². The molecule has 2 heterocycles. The zero-order valence-corrected chi connectivity index (χ0v) is 14.9. The highest BCUT2D eigenvalue weighted by atomic mass is 19.1. The van der Waals surface area contributed by atoms with Gasteiger partial charge >= 0.3 is 0 Å². The van der Waals surface area contributed by atoms with E-state index in [0.29, 0.717) is 23.4 Å². The Hall–Kier alpha value is -3.49. The number of hydrogen-bond acceptors (Lipinski definition) is 6. The van der Waals surface area contributed by atoms with Crippen LogP contribution in [0, 0.1) is 11.6 Å². The smallest absolute Gasteiger partial charge is 0.260 e. The van der Waals surface area contributed by atoms with E-state index < -0.39 is 23.6 Å². The number of ether oxygens (including phenoxy) is 2. The topological polar surface area (TPSA) is 86.5 Å². The lowest BCUT2D eigenvalue weighted by molar-refractivity contribution is -0.127. The molecule has 0 fully saturated rings. The fourth-order valence-corrected chi connectivity index (χ4v) is 2.24. The lowest BCUT2D eigenvalue weighted by Gasteiger charge is -2.15. The molecule has 1 unspecified atom stereocenters. The molecular formula is C19H17F2N3O4. The molecule has 0 aliphatic carbocycles. The number of rotatable bonds is 8. The Morgan fingerprint density at radius 3 is 2.75 bits per heavy atom. The lowest BCUT2D eigenvalue weighted by atomic mass is 10.3. The predicted molar refractivity (Wildman–Crippen MR) is 94.7 cm³/mol. The Morgan fingerprint density at radius 2 is 2.07 bits per heavy atom. The molecule has 0 aliphatic rings. The van der Waals surface area contributed by atoms with Crippen molar-refractivity contribution in [1.29, 1.82) is 0 Å². The van der Waals surface area contributed by atoms with Crippen LogP contribution in [0.5, 0.6) is 11.6 Å². The first kappa shape index (κ1) is 19.3. The van der Waals surface area contributed by atoms with Crippen molar-refractivity contribution in [2.75, 3.05) is 13.2 Å². The van der Waals surface area contributed by atoms with Crippen LogP contribution in [0.15, 0.2) is 53.1 Å². The monoisotopic (exact) mass is 389 g/mol. The van der Waals surface area contributed by atoms with Crippen LogP contribution in [-0.4, -0.2) is 35.4 Å². The van der Waals surface area contributed by atoms with E-state index in [-0.39, 0.29) is 18.9 Å². The highest BCUT2D eigenvalue weighted by Gasteiger charge is 2.16. The van der Waals surface area contributed by atoms with Gasteiger partial charge < -0.3 is 19.2 Å². The van der Waals surface area contributed by atoms with Crippen molar-refractivity contribution in [3.05, 3.63) is 60.4 Å². The van der Waals surface area contributed by atoms with Gasteiger partial charge in [0.15, 0.2) is 23.4 Å². The van der Waals surface area contributed by atoms with Crippen molar-refractivity contribution >= 4 is 5.91 Å². The zero-order valence-electron chi connectivity index (χ0n) is 14.9. The van der Waals surface area contributed by atoms with Crippen molar-refractivity contribution in [3.8, 4) is 23.1 Å². The molecule has 1 amide bonds. The third-order valence-electron chi connectivity index (χ3n) is 3.63. The highest BCUT2D eigenvalue weighted by molar-refractivity contribution is 5.80. The second-order valence-corrected chi connectivity index (χ2v) is 5.71. The number of carbonyl (C=O) groups is 1. The lowest BCUT2D eigenvalue weighted by Crippen LogP contribution is -2.38. The van der Waals surface area contributed by atoms with Gasteiger partial charge in [0.2, 0.25) is 5.88 Å². The molecule has 0 radical (unpaired) electrons. The number of halogens is 2. The Bertz CT molecular complexity index is 917. The number of nitrogens with zero attached hydrogens (tertiary/aromatic N) is 2. The first-order chi connectivity index (χ1) is 13.5. The Labute approximate surface area is 159 Å². The van der Waals surface area contributed by atoms with Crippen LogP contribution in [0.1, 0.15) is 6.92 Å².